The van der Waals surface area contributed by atoms with E-state index in [-0.39, 0.29) is 18.1 Å². The molecule has 24 heavy (non-hydrogen) atoms. The molecule has 8 nitrogen and oxygen atoms in total. The summed E-state index contributed by atoms with van der Waals surface area (Å²) in [7, 11) is 0. The number of anilines is 2. The second-order valence-electron chi connectivity index (χ2n) is 4.86. The summed E-state index contributed by atoms with van der Waals surface area (Å²) in [6.45, 7) is 0. The number of hydrogen-bond donors (Lipinski definition) is 2. The second kappa shape index (κ2) is 5.83. The van der Waals surface area contributed by atoms with Gasteiger partial charge in [-0.3, -0.25) is 14.9 Å². The van der Waals surface area contributed by atoms with E-state index >= 15 is 0 Å². The topological polar surface area (TPSA) is 98.1 Å². The smallest absolute Gasteiger partial charge is 0.406 e. The number of ether oxygens (including phenoxy) is 1. The second-order valence-corrected chi connectivity index (χ2v) is 4.86. The van der Waals surface area contributed by atoms with Crippen LogP contribution in [0.2, 0.25) is 0 Å². The summed E-state index contributed by atoms with van der Waals surface area (Å²) in [6.07, 6.45) is -3.84. The number of rotatable bonds is 4. The Hall–Kier alpha value is -3.11. The number of carbonyl (C=O) groups excluding carboxylic acids is 2. The minimum atomic E-state index is -4.83. The molecule has 0 saturated carbocycles. The molecule has 1 aromatic heterocycles. The molecular formula is C13H10F3N5O3. The highest BCUT2D eigenvalue weighted by Gasteiger charge is 2.34. The first-order valence-corrected chi connectivity index (χ1v) is 6.68. The molecule has 11 heteroatoms. The molecule has 1 aliphatic heterocycles. The number of nitrogens with one attached hydrogen (secondary N) is 2. The van der Waals surface area contributed by atoms with Crippen LogP contribution in [0.25, 0.3) is 0 Å². The monoisotopic (exact) mass is 341 g/mol. The van der Waals surface area contributed by atoms with E-state index < -0.39 is 30.0 Å². The molecule has 126 valence electrons. The number of halogens is 3. The standard InChI is InChI=1S/C13H10F3N5O3/c14-13(15,16)24-8-3-1-2-7(4-8)19-10(22)5-9-11(23)20-12-17-6-18-21(9)12/h1-4,6,9H,5H2,(H,19,22)(H,17,18,20,23)/t9-/m0/s1. The van der Waals surface area contributed by atoms with Gasteiger partial charge in [0.2, 0.25) is 11.9 Å². The first-order valence-electron chi connectivity index (χ1n) is 6.68. The van der Waals surface area contributed by atoms with Gasteiger partial charge in [0.1, 0.15) is 18.1 Å². The largest absolute Gasteiger partial charge is 0.573 e. The van der Waals surface area contributed by atoms with Crippen LogP contribution < -0.4 is 15.4 Å². The van der Waals surface area contributed by atoms with Crippen LogP contribution in [0.1, 0.15) is 12.5 Å². The van der Waals surface area contributed by atoms with Crippen molar-refractivity contribution in [3.8, 4) is 5.75 Å². The van der Waals surface area contributed by atoms with Crippen molar-refractivity contribution in [3.05, 3.63) is 30.6 Å². The number of nitrogens with zero attached hydrogens (tertiary/aromatic N) is 3. The average Bonchev–Trinajstić information content (AvgIpc) is 3.00. The normalized spacial score (nSPS) is 16.5. The van der Waals surface area contributed by atoms with Gasteiger partial charge in [0.05, 0.1) is 6.42 Å². The quantitative estimate of drug-likeness (QED) is 0.882. The van der Waals surface area contributed by atoms with Gasteiger partial charge < -0.3 is 10.1 Å². The number of fused-ring (bicyclic) bond motifs is 1. The molecule has 2 aromatic rings. The number of benzene rings is 1. The summed E-state index contributed by atoms with van der Waals surface area (Å²) in [6, 6.07) is 3.97. The fourth-order valence-corrected chi connectivity index (χ4v) is 2.21. The van der Waals surface area contributed by atoms with E-state index in [0.717, 1.165) is 12.1 Å². The van der Waals surface area contributed by atoms with Crippen molar-refractivity contribution in [2.24, 2.45) is 0 Å². The van der Waals surface area contributed by atoms with E-state index in [1.54, 1.807) is 0 Å². The minimum Gasteiger partial charge on any atom is -0.406 e. The van der Waals surface area contributed by atoms with Crippen molar-refractivity contribution in [1.29, 1.82) is 0 Å². The van der Waals surface area contributed by atoms with Crippen LogP contribution in [0.4, 0.5) is 24.8 Å². The molecule has 0 radical (unpaired) electrons. The van der Waals surface area contributed by atoms with Crippen molar-refractivity contribution in [3.63, 3.8) is 0 Å². The van der Waals surface area contributed by atoms with Crippen molar-refractivity contribution in [1.82, 2.24) is 14.8 Å². The fraction of sp³-hybridized carbons (Fsp3) is 0.231. The number of alkyl halides is 3. The lowest BCUT2D eigenvalue weighted by atomic mass is 10.2. The van der Waals surface area contributed by atoms with Gasteiger partial charge in [-0.25, -0.2) is 4.68 Å². The van der Waals surface area contributed by atoms with Crippen LogP contribution >= 0.6 is 0 Å². The van der Waals surface area contributed by atoms with Gasteiger partial charge in [-0.15, -0.1) is 13.2 Å². The molecule has 2 N–H and O–H groups in total. The minimum absolute atomic E-state index is 0.110. The lowest BCUT2D eigenvalue weighted by Crippen LogP contribution is -2.23. The number of hydrogen-bond acceptors (Lipinski definition) is 5. The number of aromatic nitrogens is 3. The summed E-state index contributed by atoms with van der Waals surface area (Å²) in [5, 5.41) is 8.71. The summed E-state index contributed by atoms with van der Waals surface area (Å²) in [5.41, 5.74) is 0.110. The maximum absolute atomic E-state index is 12.2. The number of amides is 2. The fourth-order valence-electron chi connectivity index (χ4n) is 2.21. The van der Waals surface area contributed by atoms with Crippen LogP contribution in [0.5, 0.6) is 5.75 Å². The van der Waals surface area contributed by atoms with Crippen LogP contribution in [0.3, 0.4) is 0 Å². The molecule has 0 aliphatic carbocycles. The predicted octanol–water partition coefficient (Wildman–Crippen LogP) is 1.70. The van der Waals surface area contributed by atoms with Crippen LogP contribution in [-0.2, 0) is 9.59 Å². The predicted molar refractivity (Wildman–Crippen MR) is 74.1 cm³/mol. The third-order valence-corrected chi connectivity index (χ3v) is 3.14. The Bertz CT molecular complexity index is 789. The van der Waals surface area contributed by atoms with Gasteiger partial charge in [0, 0.05) is 11.8 Å². The SMILES string of the molecule is O=C(C[C@H]1C(=O)Nc2ncnn21)Nc1cccc(OC(F)(F)F)c1. The molecule has 1 aromatic carbocycles. The molecule has 2 heterocycles. The average molecular weight is 341 g/mol. The van der Waals surface area contributed by atoms with Gasteiger partial charge in [0.15, 0.2) is 0 Å². The number of carbonyl (C=O) groups is 2. The molecule has 1 aliphatic rings. The first kappa shape index (κ1) is 15.8. The van der Waals surface area contributed by atoms with Crippen molar-refractivity contribution in [2.75, 3.05) is 10.6 Å². The molecule has 0 fully saturated rings. The van der Waals surface area contributed by atoms with E-state index in [2.05, 4.69) is 25.5 Å². The Morgan fingerprint density at radius 1 is 1.42 bits per heavy atom. The Kier molecular flexibility index (Phi) is 3.83. The zero-order chi connectivity index (χ0) is 17.3. The van der Waals surface area contributed by atoms with Gasteiger partial charge in [0.25, 0.3) is 5.91 Å². The Balaban J connectivity index is 1.65. The highest BCUT2D eigenvalue weighted by atomic mass is 19.4. The molecular weight excluding hydrogens is 331 g/mol. The summed E-state index contributed by atoms with van der Waals surface area (Å²) < 4.78 is 41.6. The lowest BCUT2D eigenvalue weighted by molar-refractivity contribution is -0.274. The molecule has 0 unspecified atom stereocenters. The van der Waals surface area contributed by atoms with Gasteiger partial charge in [-0.05, 0) is 12.1 Å². The Morgan fingerprint density at radius 2 is 2.21 bits per heavy atom. The van der Waals surface area contributed by atoms with Crippen LogP contribution in [0.15, 0.2) is 30.6 Å². The third kappa shape index (κ3) is 3.45. The maximum atomic E-state index is 12.2. The maximum Gasteiger partial charge on any atom is 0.573 e. The van der Waals surface area contributed by atoms with Crippen molar-refractivity contribution >= 4 is 23.5 Å². The molecule has 0 saturated heterocycles. The molecule has 0 spiro atoms. The van der Waals surface area contributed by atoms with E-state index in [9.17, 15) is 22.8 Å². The summed E-state index contributed by atoms with van der Waals surface area (Å²) in [4.78, 5) is 27.6. The van der Waals surface area contributed by atoms with Crippen LogP contribution in [-0.4, -0.2) is 32.9 Å². The van der Waals surface area contributed by atoms with E-state index in [1.165, 1.54) is 23.1 Å². The van der Waals surface area contributed by atoms with Gasteiger partial charge in [-0.2, -0.15) is 10.1 Å². The molecule has 1 atom stereocenters. The Morgan fingerprint density at radius 3 is 2.96 bits per heavy atom. The lowest BCUT2D eigenvalue weighted by Gasteiger charge is -2.12. The Labute approximate surface area is 132 Å². The van der Waals surface area contributed by atoms with Crippen LogP contribution in [0, 0.1) is 0 Å². The van der Waals surface area contributed by atoms with Crippen molar-refractivity contribution < 1.29 is 27.5 Å². The molecule has 0 bridgehead atoms. The molecule has 3 rings (SSSR count). The van der Waals surface area contributed by atoms with Gasteiger partial charge >= 0.3 is 6.36 Å². The van der Waals surface area contributed by atoms with E-state index in [0.29, 0.717) is 0 Å². The van der Waals surface area contributed by atoms with Crippen molar-refractivity contribution in [2.45, 2.75) is 18.8 Å². The zero-order valence-corrected chi connectivity index (χ0v) is 11.9. The highest BCUT2D eigenvalue weighted by Crippen LogP contribution is 2.26. The summed E-state index contributed by atoms with van der Waals surface area (Å²) in [5.74, 6) is -1.23. The van der Waals surface area contributed by atoms with E-state index in [1.807, 2.05) is 0 Å². The van der Waals surface area contributed by atoms with E-state index in [4.69, 9.17) is 0 Å². The third-order valence-electron chi connectivity index (χ3n) is 3.14. The molecule has 2 amide bonds. The van der Waals surface area contributed by atoms with Gasteiger partial charge in [-0.1, -0.05) is 6.07 Å². The summed E-state index contributed by atoms with van der Waals surface area (Å²) >= 11 is 0. The highest BCUT2D eigenvalue weighted by molar-refractivity contribution is 6.00. The zero-order valence-electron chi connectivity index (χ0n) is 11.9. The first-order chi connectivity index (χ1) is 11.3.